The van der Waals surface area contributed by atoms with Crippen molar-refractivity contribution in [3.63, 3.8) is 0 Å². The molecule has 2 aromatic rings. The van der Waals surface area contributed by atoms with Gasteiger partial charge in [-0.05, 0) is 31.5 Å². The summed E-state index contributed by atoms with van der Waals surface area (Å²) in [6.07, 6.45) is -4.60. The molecule has 128 valence electrons. The van der Waals surface area contributed by atoms with Gasteiger partial charge in [0.25, 0.3) is 5.91 Å². The second kappa shape index (κ2) is 5.99. The van der Waals surface area contributed by atoms with Crippen molar-refractivity contribution < 1.29 is 27.3 Å². The second-order valence-electron chi connectivity index (χ2n) is 5.34. The molecular weight excluding hydrogens is 327 g/mol. The maximum Gasteiger partial charge on any atom is 0.416 e. The Kier molecular flexibility index (Phi) is 4.37. The number of benzene rings is 1. The Morgan fingerprint density at radius 2 is 1.83 bits per heavy atom. The first kappa shape index (κ1) is 17.5. The highest BCUT2D eigenvalue weighted by Gasteiger charge is 2.38. The van der Waals surface area contributed by atoms with Gasteiger partial charge in [0.2, 0.25) is 5.91 Å². The van der Waals surface area contributed by atoms with E-state index in [-0.39, 0.29) is 11.3 Å². The minimum atomic E-state index is -4.60. The van der Waals surface area contributed by atoms with Gasteiger partial charge in [-0.3, -0.25) is 9.59 Å². The fourth-order valence-corrected chi connectivity index (χ4v) is 2.05. The van der Waals surface area contributed by atoms with E-state index in [2.05, 4.69) is 10.5 Å². The van der Waals surface area contributed by atoms with Crippen LogP contribution in [0.2, 0.25) is 0 Å². The molecule has 0 aliphatic rings. The summed E-state index contributed by atoms with van der Waals surface area (Å²) in [5.41, 5.74) is 2.28. The predicted octanol–water partition coefficient (Wildman–Crippen LogP) is 2.13. The van der Waals surface area contributed by atoms with E-state index in [0.717, 1.165) is 18.2 Å². The molecule has 0 fully saturated rings. The van der Waals surface area contributed by atoms with Gasteiger partial charge < -0.3 is 15.6 Å². The first-order valence-electron chi connectivity index (χ1n) is 6.77. The van der Waals surface area contributed by atoms with Crippen molar-refractivity contribution in [2.45, 2.75) is 25.6 Å². The van der Waals surface area contributed by atoms with Crippen molar-refractivity contribution >= 4 is 11.8 Å². The number of aromatic nitrogens is 1. The van der Waals surface area contributed by atoms with Crippen molar-refractivity contribution in [3.8, 4) is 0 Å². The number of nitrogens with one attached hydrogen (secondary N) is 1. The number of amides is 2. The standard InChI is InChI=1S/C15H14F3N3O3/c1-8-6-11(21-24-8)12(22)20-14(2,13(19)23)9-4-3-5-10(7-9)15(16,17)18/h3-7H,1-2H3,(H2,19,23)(H,20,22)/t14-/m0/s1. The Balaban J connectivity index is 2.41. The third-order valence-electron chi connectivity index (χ3n) is 3.48. The lowest BCUT2D eigenvalue weighted by atomic mass is 9.89. The van der Waals surface area contributed by atoms with Crippen LogP contribution in [0.25, 0.3) is 0 Å². The Hall–Kier alpha value is -2.84. The lowest BCUT2D eigenvalue weighted by molar-refractivity contribution is -0.137. The zero-order valence-corrected chi connectivity index (χ0v) is 12.8. The molecular formula is C15H14F3N3O3. The third kappa shape index (κ3) is 3.39. The van der Waals surface area contributed by atoms with Crippen molar-refractivity contribution in [3.05, 3.63) is 52.9 Å². The van der Waals surface area contributed by atoms with Crippen LogP contribution in [0.1, 0.15) is 34.3 Å². The summed E-state index contributed by atoms with van der Waals surface area (Å²) in [6, 6.07) is 5.34. The predicted molar refractivity (Wildman–Crippen MR) is 76.7 cm³/mol. The Morgan fingerprint density at radius 1 is 1.21 bits per heavy atom. The van der Waals surface area contributed by atoms with E-state index >= 15 is 0 Å². The molecule has 0 aliphatic heterocycles. The highest BCUT2D eigenvalue weighted by atomic mass is 19.4. The normalized spacial score (nSPS) is 14.0. The van der Waals surface area contributed by atoms with E-state index in [0.29, 0.717) is 5.76 Å². The average Bonchev–Trinajstić information content (AvgIpc) is 2.93. The number of carbonyl (C=O) groups is 2. The number of primary amides is 1. The van der Waals surface area contributed by atoms with Crippen molar-refractivity contribution in [1.29, 1.82) is 0 Å². The summed E-state index contributed by atoms with van der Waals surface area (Å²) in [5.74, 6) is -1.46. The van der Waals surface area contributed by atoms with Gasteiger partial charge >= 0.3 is 6.18 Å². The van der Waals surface area contributed by atoms with E-state index in [1.807, 2.05) is 0 Å². The fourth-order valence-electron chi connectivity index (χ4n) is 2.05. The molecule has 24 heavy (non-hydrogen) atoms. The monoisotopic (exact) mass is 341 g/mol. The molecule has 1 atom stereocenters. The highest BCUT2D eigenvalue weighted by Crippen LogP contribution is 2.32. The summed E-state index contributed by atoms with van der Waals surface area (Å²) < 4.78 is 43.3. The lowest BCUT2D eigenvalue weighted by Gasteiger charge is -2.28. The van der Waals surface area contributed by atoms with Gasteiger partial charge in [0.15, 0.2) is 5.69 Å². The Morgan fingerprint density at radius 3 is 2.33 bits per heavy atom. The number of hydrogen-bond donors (Lipinski definition) is 2. The van der Waals surface area contributed by atoms with Crippen LogP contribution in [0.15, 0.2) is 34.9 Å². The van der Waals surface area contributed by atoms with Crippen LogP contribution in [0, 0.1) is 6.92 Å². The van der Waals surface area contributed by atoms with Crippen LogP contribution in [0.3, 0.4) is 0 Å². The number of hydrogen-bond acceptors (Lipinski definition) is 4. The highest BCUT2D eigenvalue weighted by molar-refractivity contribution is 5.97. The molecule has 0 bridgehead atoms. The second-order valence-corrected chi connectivity index (χ2v) is 5.34. The molecule has 0 spiro atoms. The van der Waals surface area contributed by atoms with Gasteiger partial charge in [0.1, 0.15) is 11.3 Å². The molecule has 1 aromatic carbocycles. The first-order chi connectivity index (χ1) is 11.0. The summed E-state index contributed by atoms with van der Waals surface area (Å²) in [5, 5.41) is 5.80. The molecule has 0 saturated heterocycles. The summed E-state index contributed by atoms with van der Waals surface area (Å²) in [6.45, 7) is 2.78. The quantitative estimate of drug-likeness (QED) is 0.890. The number of carbonyl (C=O) groups excluding carboxylic acids is 2. The van der Waals surface area contributed by atoms with Crippen LogP contribution in [0.4, 0.5) is 13.2 Å². The largest absolute Gasteiger partial charge is 0.416 e. The van der Waals surface area contributed by atoms with Crippen LogP contribution < -0.4 is 11.1 Å². The summed E-state index contributed by atoms with van der Waals surface area (Å²) in [4.78, 5) is 24.0. The van der Waals surface area contributed by atoms with E-state index in [4.69, 9.17) is 10.3 Å². The van der Waals surface area contributed by atoms with Crippen LogP contribution in [-0.4, -0.2) is 17.0 Å². The van der Waals surface area contributed by atoms with Crippen LogP contribution in [-0.2, 0) is 16.5 Å². The third-order valence-corrected chi connectivity index (χ3v) is 3.48. The smallest absolute Gasteiger partial charge is 0.367 e. The topological polar surface area (TPSA) is 98.2 Å². The minimum absolute atomic E-state index is 0.0987. The molecule has 0 saturated carbocycles. The first-order valence-corrected chi connectivity index (χ1v) is 6.77. The average molecular weight is 341 g/mol. The molecule has 3 N–H and O–H groups in total. The number of halogens is 3. The van der Waals surface area contributed by atoms with Crippen LogP contribution >= 0.6 is 0 Å². The van der Waals surface area contributed by atoms with Crippen molar-refractivity contribution in [2.24, 2.45) is 5.73 Å². The van der Waals surface area contributed by atoms with E-state index in [1.54, 1.807) is 6.92 Å². The van der Waals surface area contributed by atoms with E-state index in [1.165, 1.54) is 19.1 Å². The van der Waals surface area contributed by atoms with E-state index < -0.39 is 29.1 Å². The molecule has 0 radical (unpaired) electrons. The number of aryl methyl sites for hydroxylation is 1. The zero-order valence-electron chi connectivity index (χ0n) is 12.8. The molecule has 2 amide bonds. The fraction of sp³-hybridized carbons (Fsp3) is 0.267. The maximum absolute atomic E-state index is 12.9. The SMILES string of the molecule is Cc1cc(C(=O)N[C@](C)(C(N)=O)c2cccc(C(F)(F)F)c2)no1. The molecule has 0 aliphatic carbocycles. The zero-order chi connectivity index (χ0) is 18.1. The number of rotatable bonds is 4. The van der Waals surface area contributed by atoms with Gasteiger partial charge in [0.05, 0.1) is 5.56 Å². The van der Waals surface area contributed by atoms with Crippen molar-refractivity contribution in [2.75, 3.05) is 0 Å². The molecule has 1 aromatic heterocycles. The number of nitrogens with two attached hydrogens (primary N) is 1. The van der Waals surface area contributed by atoms with E-state index in [9.17, 15) is 22.8 Å². The van der Waals surface area contributed by atoms with Gasteiger partial charge in [-0.2, -0.15) is 13.2 Å². The summed E-state index contributed by atoms with van der Waals surface area (Å²) in [7, 11) is 0. The summed E-state index contributed by atoms with van der Waals surface area (Å²) >= 11 is 0. The molecule has 2 rings (SSSR count). The van der Waals surface area contributed by atoms with Gasteiger partial charge in [-0.25, -0.2) is 0 Å². The number of nitrogens with zero attached hydrogens (tertiary/aromatic N) is 1. The number of alkyl halides is 3. The van der Waals surface area contributed by atoms with Gasteiger partial charge in [-0.15, -0.1) is 0 Å². The molecule has 0 unspecified atom stereocenters. The minimum Gasteiger partial charge on any atom is -0.367 e. The van der Waals surface area contributed by atoms with Crippen molar-refractivity contribution in [1.82, 2.24) is 10.5 Å². The Bertz CT molecular complexity index is 786. The lowest BCUT2D eigenvalue weighted by Crippen LogP contribution is -2.52. The van der Waals surface area contributed by atoms with Gasteiger partial charge in [-0.1, -0.05) is 17.3 Å². The molecule has 9 heteroatoms. The van der Waals surface area contributed by atoms with Gasteiger partial charge in [0, 0.05) is 6.07 Å². The molecule has 6 nitrogen and oxygen atoms in total. The Labute approximate surface area is 134 Å². The van der Waals surface area contributed by atoms with Crippen LogP contribution in [0.5, 0.6) is 0 Å². The molecule has 1 heterocycles. The maximum atomic E-state index is 12.9.